The Labute approximate surface area is 254 Å². The lowest BCUT2D eigenvalue weighted by Gasteiger charge is -2.38. The van der Waals surface area contributed by atoms with Gasteiger partial charge in [-0.15, -0.1) is 0 Å². The molecular weight excluding hydrogens is 538 g/mol. The molecular formula is C36H45N3O4. The van der Waals surface area contributed by atoms with Gasteiger partial charge in [0.25, 0.3) is 0 Å². The molecule has 0 saturated carbocycles. The van der Waals surface area contributed by atoms with Crippen molar-refractivity contribution in [2.24, 2.45) is 0 Å². The van der Waals surface area contributed by atoms with Gasteiger partial charge in [-0.3, -0.25) is 9.59 Å². The van der Waals surface area contributed by atoms with Crippen molar-refractivity contribution in [3.05, 3.63) is 90.0 Å². The molecule has 0 bridgehead atoms. The van der Waals surface area contributed by atoms with Crippen LogP contribution in [0.3, 0.4) is 0 Å². The number of aromatic amines is 1. The third-order valence-electron chi connectivity index (χ3n) is 8.16. The van der Waals surface area contributed by atoms with E-state index in [1.807, 2.05) is 73.7 Å². The number of nitrogens with zero attached hydrogens (tertiary/aromatic N) is 1. The molecule has 4 N–H and O–H groups in total. The molecule has 7 nitrogen and oxygen atoms in total. The number of phenols is 1. The average Bonchev–Trinajstić information content (AvgIpc) is 3.37. The first-order valence-corrected chi connectivity index (χ1v) is 15.4. The number of benzene rings is 3. The topological polar surface area (TPSA) is 106 Å². The second kappa shape index (κ2) is 14.9. The van der Waals surface area contributed by atoms with Gasteiger partial charge in [-0.1, -0.05) is 75.2 Å². The van der Waals surface area contributed by atoms with Gasteiger partial charge in [0.15, 0.2) is 0 Å². The van der Waals surface area contributed by atoms with E-state index in [1.165, 1.54) is 0 Å². The van der Waals surface area contributed by atoms with Crippen molar-refractivity contribution in [3.63, 3.8) is 0 Å². The second-order valence-electron chi connectivity index (χ2n) is 11.6. The van der Waals surface area contributed by atoms with Gasteiger partial charge in [0.2, 0.25) is 11.8 Å². The zero-order chi connectivity index (χ0) is 30.8. The Morgan fingerprint density at radius 3 is 2.33 bits per heavy atom. The van der Waals surface area contributed by atoms with Gasteiger partial charge in [0.1, 0.15) is 11.3 Å². The maximum absolute atomic E-state index is 14.3. The number of likely N-dealkylation sites (N-methyl/N-ethyl adjacent to an activating group) is 1. The molecule has 0 fully saturated rings. The van der Waals surface area contributed by atoms with Crippen molar-refractivity contribution in [3.8, 4) is 17.0 Å². The third-order valence-corrected chi connectivity index (χ3v) is 8.16. The fraction of sp³-hybridized carbons (Fsp3) is 0.389. The van der Waals surface area contributed by atoms with Crippen molar-refractivity contribution in [1.29, 1.82) is 0 Å². The number of hydrogen-bond donors (Lipinski definition) is 4. The Bertz CT molecular complexity index is 1480. The lowest BCUT2D eigenvalue weighted by Crippen LogP contribution is -2.61. The maximum Gasteiger partial charge on any atom is 0.248 e. The molecule has 0 spiro atoms. The molecule has 4 aromatic rings. The lowest BCUT2D eigenvalue weighted by atomic mass is 9.83. The highest BCUT2D eigenvalue weighted by Gasteiger charge is 2.42. The molecule has 2 atom stereocenters. The highest BCUT2D eigenvalue weighted by molar-refractivity contribution is 5.97. The number of aromatic nitrogens is 1. The van der Waals surface area contributed by atoms with E-state index in [-0.39, 0.29) is 24.0 Å². The first-order valence-electron chi connectivity index (χ1n) is 15.4. The molecule has 1 aromatic heterocycles. The molecule has 2 amide bonds. The van der Waals surface area contributed by atoms with Gasteiger partial charge in [-0.2, -0.15) is 0 Å². The zero-order valence-electron chi connectivity index (χ0n) is 25.6. The molecule has 7 heteroatoms. The predicted molar refractivity (Wildman–Crippen MR) is 173 cm³/mol. The molecule has 0 aliphatic rings. The Hall–Kier alpha value is -4.10. The Balaban J connectivity index is 1.73. The molecule has 1 heterocycles. The minimum absolute atomic E-state index is 0.0558. The average molecular weight is 584 g/mol. The van der Waals surface area contributed by atoms with Crippen LogP contribution in [0.25, 0.3) is 22.2 Å². The van der Waals surface area contributed by atoms with Crippen LogP contribution in [-0.2, 0) is 22.4 Å². The van der Waals surface area contributed by atoms with Gasteiger partial charge in [-0.05, 0) is 72.7 Å². The van der Waals surface area contributed by atoms with Crippen LogP contribution in [0.2, 0.25) is 0 Å². The van der Waals surface area contributed by atoms with Crippen molar-refractivity contribution in [2.45, 2.75) is 76.9 Å². The summed E-state index contributed by atoms with van der Waals surface area (Å²) in [6, 6.07) is 24.5. The number of carbonyl (C=O) groups is 2. The number of phenolic OH excluding ortho intramolecular Hbond substituents is 1. The number of carbonyl (C=O) groups excluding carboxylic acids is 2. The van der Waals surface area contributed by atoms with E-state index in [1.54, 1.807) is 24.1 Å². The number of fused-ring (bicyclic) bond motifs is 1. The van der Waals surface area contributed by atoms with E-state index in [9.17, 15) is 19.8 Å². The summed E-state index contributed by atoms with van der Waals surface area (Å²) in [6.07, 6.45) is 3.84. The summed E-state index contributed by atoms with van der Waals surface area (Å²) < 4.78 is 0. The summed E-state index contributed by atoms with van der Waals surface area (Å²) in [6.45, 7) is 4.71. The van der Waals surface area contributed by atoms with Crippen LogP contribution < -0.4 is 5.32 Å². The number of rotatable bonds is 15. The number of nitrogens with one attached hydrogen (secondary N) is 2. The van der Waals surface area contributed by atoms with Crippen LogP contribution >= 0.6 is 0 Å². The Kier molecular flexibility index (Phi) is 11.0. The van der Waals surface area contributed by atoms with Gasteiger partial charge in [0.05, 0.1) is 18.2 Å². The van der Waals surface area contributed by atoms with E-state index in [0.717, 1.165) is 52.5 Å². The predicted octanol–water partition coefficient (Wildman–Crippen LogP) is 6.38. The van der Waals surface area contributed by atoms with Crippen LogP contribution in [0.4, 0.5) is 0 Å². The number of unbranched alkanes of at least 4 members (excludes halogenated alkanes) is 1. The first kappa shape index (κ1) is 31.8. The monoisotopic (exact) mass is 583 g/mol. The lowest BCUT2D eigenvalue weighted by molar-refractivity contribution is -0.141. The number of aliphatic hydroxyl groups excluding tert-OH is 1. The Morgan fingerprint density at radius 2 is 1.63 bits per heavy atom. The van der Waals surface area contributed by atoms with Crippen LogP contribution in [-0.4, -0.2) is 57.1 Å². The smallest absolute Gasteiger partial charge is 0.248 e. The molecule has 228 valence electrons. The molecule has 0 radical (unpaired) electrons. The number of para-hydroxylation sites is 1. The summed E-state index contributed by atoms with van der Waals surface area (Å²) in [5.74, 6) is -0.233. The van der Waals surface area contributed by atoms with E-state index in [4.69, 9.17) is 0 Å². The van der Waals surface area contributed by atoms with Crippen molar-refractivity contribution >= 4 is 22.7 Å². The normalized spacial score (nSPS) is 13.4. The van der Waals surface area contributed by atoms with Crippen LogP contribution in [0.1, 0.15) is 63.5 Å². The highest BCUT2D eigenvalue weighted by Crippen LogP contribution is 2.32. The van der Waals surface area contributed by atoms with E-state index < -0.39 is 11.6 Å². The van der Waals surface area contributed by atoms with E-state index in [0.29, 0.717) is 32.2 Å². The molecule has 0 saturated heterocycles. The van der Waals surface area contributed by atoms with E-state index >= 15 is 0 Å². The Morgan fingerprint density at radius 1 is 0.930 bits per heavy atom. The summed E-state index contributed by atoms with van der Waals surface area (Å²) in [4.78, 5) is 33.6. The van der Waals surface area contributed by atoms with Gasteiger partial charge in [0, 0.05) is 30.9 Å². The number of hydrogen-bond acceptors (Lipinski definition) is 4. The SMILES string of the molecule is CCCCN(C)C(=O)C(CCC(O)CCC)(Cc1ccccc1)NC(=O)Cc1c(-c2ccc(O)cc2)[nH]c2ccccc12. The fourth-order valence-electron chi connectivity index (χ4n) is 5.86. The van der Waals surface area contributed by atoms with Crippen LogP contribution in [0, 0.1) is 0 Å². The molecule has 2 unspecified atom stereocenters. The summed E-state index contributed by atoms with van der Waals surface area (Å²) in [5, 5.41) is 24.7. The molecule has 4 rings (SSSR count). The summed E-state index contributed by atoms with van der Waals surface area (Å²) in [5.41, 5.74) is 3.11. The van der Waals surface area contributed by atoms with Gasteiger partial charge >= 0.3 is 0 Å². The fourth-order valence-corrected chi connectivity index (χ4v) is 5.86. The summed E-state index contributed by atoms with van der Waals surface area (Å²) >= 11 is 0. The quantitative estimate of drug-likeness (QED) is 0.130. The highest BCUT2D eigenvalue weighted by atomic mass is 16.3. The second-order valence-corrected chi connectivity index (χ2v) is 11.6. The van der Waals surface area contributed by atoms with Crippen molar-refractivity contribution in [1.82, 2.24) is 15.2 Å². The molecule has 43 heavy (non-hydrogen) atoms. The largest absolute Gasteiger partial charge is 0.508 e. The van der Waals surface area contributed by atoms with Crippen LogP contribution in [0.5, 0.6) is 5.75 Å². The minimum atomic E-state index is -1.22. The maximum atomic E-state index is 14.3. The van der Waals surface area contributed by atoms with Crippen LogP contribution in [0.15, 0.2) is 78.9 Å². The number of aliphatic hydroxyl groups is 1. The molecule has 0 aliphatic heterocycles. The van der Waals surface area contributed by atoms with Gasteiger partial charge < -0.3 is 25.4 Å². The zero-order valence-corrected chi connectivity index (χ0v) is 25.6. The number of amides is 2. The molecule has 3 aromatic carbocycles. The third kappa shape index (κ3) is 8.05. The standard InChI is InChI=1S/C36H45N3O4/c1-4-6-23-39(3)35(43)36(22-21-28(40)12-5-2,25-26-13-8-7-9-14-26)38-33(42)24-31-30-15-10-11-16-32(30)37-34(31)27-17-19-29(41)20-18-27/h7-11,13-20,28,37,40-41H,4-6,12,21-25H2,1-3H3,(H,38,42). The first-order chi connectivity index (χ1) is 20.8. The van der Waals surface area contributed by atoms with Crippen molar-refractivity contribution < 1.29 is 19.8 Å². The number of aromatic hydroxyl groups is 1. The van der Waals surface area contributed by atoms with Crippen molar-refractivity contribution in [2.75, 3.05) is 13.6 Å². The minimum Gasteiger partial charge on any atom is -0.508 e. The molecule has 0 aliphatic carbocycles. The summed E-state index contributed by atoms with van der Waals surface area (Å²) in [7, 11) is 1.80. The van der Waals surface area contributed by atoms with E-state index in [2.05, 4.69) is 17.2 Å². The number of H-pyrrole nitrogens is 1. The van der Waals surface area contributed by atoms with Gasteiger partial charge in [-0.25, -0.2) is 0 Å².